The smallest absolute Gasteiger partial charge is 0.356 e. The number of hydrogen-bond donors (Lipinski definition) is 2. The summed E-state index contributed by atoms with van der Waals surface area (Å²) >= 11 is 0. The Morgan fingerprint density at radius 1 is 1.65 bits per heavy atom. The Morgan fingerprint density at radius 2 is 2.41 bits per heavy atom. The normalized spacial score (nSPS) is 10.7. The maximum absolute atomic E-state index is 11.7. The van der Waals surface area contributed by atoms with Crippen molar-refractivity contribution in [1.82, 2.24) is 9.55 Å². The number of carbonyl (C=O) groups excluding carboxylic acids is 1. The first-order chi connectivity index (χ1) is 8.20. The Labute approximate surface area is 97.6 Å². The van der Waals surface area contributed by atoms with Gasteiger partial charge in [0.15, 0.2) is 5.69 Å². The monoisotopic (exact) mass is 235 g/mol. The summed E-state index contributed by atoms with van der Waals surface area (Å²) in [5.41, 5.74) is 7.24. The van der Waals surface area contributed by atoms with Crippen molar-refractivity contribution in [3.63, 3.8) is 0 Å². The minimum atomic E-state index is -0.521. The van der Waals surface area contributed by atoms with Crippen LogP contribution in [0.5, 0.6) is 0 Å². The molecule has 0 unspecified atom stereocenters. The molecule has 3 N–H and O–H groups in total. The van der Waals surface area contributed by atoms with E-state index in [1.54, 1.807) is 23.0 Å². The van der Waals surface area contributed by atoms with Crippen LogP contribution in [0.2, 0.25) is 0 Å². The number of aliphatic hydroxyl groups excluding tert-OH is 1. The largest absolute Gasteiger partial charge is 0.464 e. The van der Waals surface area contributed by atoms with Crippen LogP contribution in [0.3, 0.4) is 0 Å². The highest BCUT2D eigenvalue weighted by molar-refractivity contribution is 6.05. The molecule has 0 fully saturated rings. The zero-order valence-electron chi connectivity index (χ0n) is 9.38. The van der Waals surface area contributed by atoms with E-state index in [9.17, 15) is 4.79 Å². The van der Waals surface area contributed by atoms with Crippen LogP contribution in [-0.4, -0.2) is 34.3 Å². The number of nitrogen functional groups attached to an aromatic ring is 1. The highest BCUT2D eigenvalue weighted by atomic mass is 16.5. The van der Waals surface area contributed by atoms with Gasteiger partial charge in [0.05, 0.1) is 24.9 Å². The van der Waals surface area contributed by atoms with E-state index in [0.29, 0.717) is 11.1 Å². The SMILES string of the molecule is COC(=O)c1c(N)c2cnccc2n1CCO. The number of aliphatic hydroxyl groups is 1. The van der Waals surface area contributed by atoms with E-state index in [1.807, 2.05) is 0 Å². The van der Waals surface area contributed by atoms with Crippen LogP contribution in [-0.2, 0) is 11.3 Å². The number of esters is 1. The van der Waals surface area contributed by atoms with Gasteiger partial charge in [0, 0.05) is 24.3 Å². The standard InChI is InChI=1S/C11H13N3O3/c1-17-11(16)10-9(12)7-6-13-3-2-8(7)14(10)4-5-15/h2-3,6,15H,4-5,12H2,1H3. The van der Waals surface area contributed by atoms with Gasteiger partial charge in [-0.3, -0.25) is 4.98 Å². The highest BCUT2D eigenvalue weighted by Crippen LogP contribution is 2.28. The average Bonchev–Trinajstić information content (AvgIpc) is 2.63. The Hall–Kier alpha value is -2.08. The van der Waals surface area contributed by atoms with Gasteiger partial charge in [-0.05, 0) is 6.07 Å². The third-order valence-electron chi connectivity index (χ3n) is 2.61. The highest BCUT2D eigenvalue weighted by Gasteiger charge is 2.21. The van der Waals surface area contributed by atoms with Crippen molar-refractivity contribution in [1.29, 1.82) is 0 Å². The summed E-state index contributed by atoms with van der Waals surface area (Å²) in [4.78, 5) is 15.6. The van der Waals surface area contributed by atoms with E-state index >= 15 is 0 Å². The van der Waals surface area contributed by atoms with Crippen LogP contribution in [0, 0.1) is 0 Å². The molecule has 6 heteroatoms. The van der Waals surface area contributed by atoms with E-state index in [2.05, 4.69) is 4.98 Å². The zero-order chi connectivity index (χ0) is 12.4. The van der Waals surface area contributed by atoms with Crippen LogP contribution in [0.25, 0.3) is 10.9 Å². The van der Waals surface area contributed by atoms with Crippen molar-refractivity contribution in [2.75, 3.05) is 19.5 Å². The van der Waals surface area contributed by atoms with Crippen LogP contribution in [0.1, 0.15) is 10.5 Å². The number of fused-ring (bicyclic) bond motifs is 1. The number of nitrogens with zero attached hydrogens (tertiary/aromatic N) is 2. The summed E-state index contributed by atoms with van der Waals surface area (Å²) in [6.07, 6.45) is 3.20. The summed E-state index contributed by atoms with van der Waals surface area (Å²) in [6.45, 7) is 0.192. The molecule has 0 aromatic carbocycles. The number of nitrogens with two attached hydrogens (primary N) is 1. The number of anilines is 1. The molecular formula is C11H13N3O3. The summed E-state index contributed by atoms with van der Waals surface area (Å²) in [5.74, 6) is -0.521. The molecule has 0 saturated heterocycles. The lowest BCUT2D eigenvalue weighted by Crippen LogP contribution is -2.14. The number of carbonyl (C=O) groups is 1. The second-order valence-electron chi connectivity index (χ2n) is 3.52. The molecule has 0 aliphatic carbocycles. The third-order valence-corrected chi connectivity index (χ3v) is 2.61. The molecular weight excluding hydrogens is 222 g/mol. The summed E-state index contributed by atoms with van der Waals surface area (Å²) in [7, 11) is 1.29. The molecule has 0 atom stereocenters. The first-order valence-electron chi connectivity index (χ1n) is 5.11. The molecule has 0 spiro atoms. The number of ether oxygens (including phenoxy) is 1. The molecule has 2 heterocycles. The summed E-state index contributed by atoms with van der Waals surface area (Å²) in [6, 6.07) is 1.74. The van der Waals surface area contributed by atoms with E-state index in [1.165, 1.54) is 7.11 Å². The van der Waals surface area contributed by atoms with Crippen LogP contribution >= 0.6 is 0 Å². The Bertz CT molecular complexity index is 562. The van der Waals surface area contributed by atoms with Crippen molar-refractivity contribution in [2.45, 2.75) is 6.54 Å². The number of hydrogen-bond acceptors (Lipinski definition) is 5. The van der Waals surface area contributed by atoms with E-state index in [-0.39, 0.29) is 18.8 Å². The van der Waals surface area contributed by atoms with Crippen molar-refractivity contribution < 1.29 is 14.6 Å². The van der Waals surface area contributed by atoms with Gasteiger partial charge >= 0.3 is 5.97 Å². The minimum Gasteiger partial charge on any atom is -0.464 e. The molecule has 2 aromatic heterocycles. The second kappa shape index (κ2) is 4.42. The predicted octanol–water partition coefficient (Wildman–Crippen LogP) is 0.397. The topological polar surface area (TPSA) is 90.4 Å². The predicted molar refractivity (Wildman–Crippen MR) is 62.6 cm³/mol. The number of rotatable bonds is 3. The first kappa shape index (κ1) is 11.4. The lowest BCUT2D eigenvalue weighted by atomic mass is 10.3. The van der Waals surface area contributed by atoms with Crippen molar-refractivity contribution in [3.05, 3.63) is 24.2 Å². The van der Waals surface area contributed by atoms with Gasteiger partial charge in [0.2, 0.25) is 0 Å². The molecule has 0 bridgehead atoms. The van der Waals surface area contributed by atoms with E-state index < -0.39 is 5.97 Å². The zero-order valence-corrected chi connectivity index (χ0v) is 9.38. The molecule has 17 heavy (non-hydrogen) atoms. The van der Waals surface area contributed by atoms with Crippen molar-refractivity contribution >= 4 is 22.6 Å². The van der Waals surface area contributed by atoms with Gasteiger partial charge in [-0.1, -0.05) is 0 Å². The Kier molecular flexibility index (Phi) is 2.97. The maximum atomic E-state index is 11.7. The molecule has 2 aromatic rings. The quantitative estimate of drug-likeness (QED) is 0.751. The lowest BCUT2D eigenvalue weighted by Gasteiger charge is -2.07. The van der Waals surface area contributed by atoms with Crippen molar-refractivity contribution in [3.8, 4) is 0 Å². The number of methoxy groups -OCH3 is 1. The summed E-state index contributed by atoms with van der Waals surface area (Å²) < 4.78 is 6.33. The number of pyridine rings is 1. The minimum absolute atomic E-state index is 0.0878. The average molecular weight is 235 g/mol. The molecule has 0 amide bonds. The van der Waals surface area contributed by atoms with Crippen LogP contribution < -0.4 is 5.73 Å². The molecule has 2 rings (SSSR count). The molecule has 0 saturated carbocycles. The molecule has 90 valence electrons. The van der Waals surface area contributed by atoms with E-state index in [4.69, 9.17) is 15.6 Å². The second-order valence-corrected chi connectivity index (χ2v) is 3.52. The summed E-state index contributed by atoms with van der Waals surface area (Å²) in [5, 5.41) is 9.72. The van der Waals surface area contributed by atoms with Gasteiger partial charge in [0.25, 0.3) is 0 Å². The van der Waals surface area contributed by atoms with Gasteiger partial charge < -0.3 is 20.1 Å². The molecule has 6 nitrogen and oxygen atoms in total. The van der Waals surface area contributed by atoms with Gasteiger partial charge in [-0.2, -0.15) is 0 Å². The maximum Gasteiger partial charge on any atom is 0.356 e. The Morgan fingerprint density at radius 3 is 3.06 bits per heavy atom. The fraction of sp³-hybridized carbons (Fsp3) is 0.273. The number of aromatic nitrogens is 2. The molecule has 0 aliphatic rings. The first-order valence-corrected chi connectivity index (χ1v) is 5.11. The van der Waals surface area contributed by atoms with E-state index in [0.717, 1.165) is 5.52 Å². The third kappa shape index (κ3) is 1.72. The fourth-order valence-corrected chi connectivity index (χ4v) is 1.87. The van der Waals surface area contributed by atoms with Crippen LogP contribution in [0.15, 0.2) is 18.5 Å². The Balaban J connectivity index is 2.75. The lowest BCUT2D eigenvalue weighted by molar-refractivity contribution is 0.0589. The van der Waals surface area contributed by atoms with Crippen LogP contribution in [0.4, 0.5) is 5.69 Å². The molecule has 0 radical (unpaired) electrons. The van der Waals surface area contributed by atoms with Gasteiger partial charge in [-0.15, -0.1) is 0 Å². The molecule has 0 aliphatic heterocycles. The fourth-order valence-electron chi connectivity index (χ4n) is 1.87. The van der Waals surface area contributed by atoms with Gasteiger partial charge in [0.1, 0.15) is 0 Å². The van der Waals surface area contributed by atoms with Gasteiger partial charge in [-0.25, -0.2) is 4.79 Å². The van der Waals surface area contributed by atoms with Crippen molar-refractivity contribution in [2.24, 2.45) is 0 Å².